The molecule has 0 spiro atoms. The summed E-state index contributed by atoms with van der Waals surface area (Å²) in [5.74, 6) is -0.356. The Hall–Kier alpha value is 0.823. The first kappa shape index (κ1) is 15.7. The van der Waals surface area contributed by atoms with Crippen molar-refractivity contribution in [1.82, 2.24) is 0 Å². The monoisotopic (exact) mass is 264 g/mol. The summed E-state index contributed by atoms with van der Waals surface area (Å²) in [5.41, 5.74) is 0. The van der Waals surface area contributed by atoms with Crippen molar-refractivity contribution in [3.05, 3.63) is 7.11 Å². The van der Waals surface area contributed by atoms with Crippen LogP contribution in [-0.4, -0.2) is 5.97 Å². The van der Waals surface area contributed by atoms with Gasteiger partial charge in [-0.1, -0.05) is 0 Å². The predicted octanol–water partition coefficient (Wildman–Crippen LogP) is -2.66. The Bertz CT molecular complexity index is 48.2. The van der Waals surface area contributed by atoms with Crippen molar-refractivity contribution in [2.45, 2.75) is 6.92 Å². The molecule has 0 amide bonds. The summed E-state index contributed by atoms with van der Waals surface area (Å²) >= 11 is 0. The van der Waals surface area contributed by atoms with E-state index < -0.39 is 0 Å². The Labute approximate surface area is 72.8 Å². The van der Waals surface area contributed by atoms with Gasteiger partial charge in [-0.25, -0.2) is 0 Å². The van der Waals surface area contributed by atoms with Gasteiger partial charge in [0.25, 0.3) is 0 Å². The third kappa shape index (κ3) is 19.9. The van der Waals surface area contributed by atoms with Crippen LogP contribution in [0, 0.1) is 7.11 Å². The van der Waals surface area contributed by atoms with Crippen molar-refractivity contribution in [3.63, 3.8) is 0 Å². The fraction of sp³-hybridized carbons (Fsp3) is 0.333. The molecule has 0 aliphatic rings. The molecule has 0 bridgehead atoms. The summed E-state index contributed by atoms with van der Waals surface area (Å²) in [6, 6.07) is 0. The van der Waals surface area contributed by atoms with Crippen LogP contribution in [0.15, 0.2) is 0 Å². The molecule has 0 unspecified atom stereocenters. The molecule has 0 N–H and O–H groups in total. The first-order valence-electron chi connectivity index (χ1n) is 1.20. The average molecular weight is 265 g/mol. The second-order valence-corrected chi connectivity index (χ2v) is 0.636. The van der Waals surface area contributed by atoms with Crippen LogP contribution in [0.4, 0.5) is 0 Å². The summed E-state index contributed by atoms with van der Waals surface area (Å²) in [7, 11) is 2.84. The fourth-order valence-electron chi connectivity index (χ4n) is 0. The zero-order valence-corrected chi connectivity index (χ0v) is 9.23. The largest absolute Gasteiger partial charge is 1.00 e. The molecule has 0 fully saturated rings. The Morgan fingerprint density at radius 3 is 1.86 bits per heavy atom. The van der Waals surface area contributed by atoms with Crippen LogP contribution >= 0.6 is 0 Å². The number of esters is 1. The topological polar surface area (TPSA) is 26.3 Å². The molecule has 7 heavy (non-hydrogen) atoms. The molecule has 0 saturated heterocycles. The van der Waals surface area contributed by atoms with Gasteiger partial charge in [-0.05, 0) is 0 Å². The van der Waals surface area contributed by atoms with Crippen LogP contribution in [-0.2, 0) is 29.0 Å². The van der Waals surface area contributed by atoms with E-state index in [0.29, 0.717) is 0 Å². The molecule has 0 atom stereocenters. The number of carbonyl (C=O) groups excluding carboxylic acids is 1. The van der Waals surface area contributed by atoms with E-state index >= 15 is 0 Å². The number of carbonyl (C=O) groups is 1. The van der Waals surface area contributed by atoms with E-state index in [1.54, 1.807) is 0 Å². The van der Waals surface area contributed by atoms with Crippen molar-refractivity contribution < 1.29 is 53.0 Å². The van der Waals surface area contributed by atoms with E-state index in [-0.39, 0.29) is 49.4 Å². The molecule has 0 aliphatic heterocycles. The van der Waals surface area contributed by atoms with Crippen molar-refractivity contribution >= 4 is 5.97 Å². The molecule has 0 saturated carbocycles. The maximum atomic E-state index is 9.53. The van der Waals surface area contributed by atoms with Gasteiger partial charge >= 0.3 is 5.97 Å². The Balaban J connectivity index is -0.0000000800. The SMILES string of the molecule is [CH2]OC(C)=O.[I-].[Zn]. The molecule has 39 valence electrons. The van der Waals surface area contributed by atoms with E-state index in [2.05, 4.69) is 11.8 Å². The molecule has 2 nitrogen and oxygen atoms in total. The smallest absolute Gasteiger partial charge is 0.302 e. The van der Waals surface area contributed by atoms with Crippen molar-refractivity contribution in [1.29, 1.82) is 0 Å². The summed E-state index contributed by atoms with van der Waals surface area (Å²) in [6.07, 6.45) is 0. The van der Waals surface area contributed by atoms with E-state index in [0.717, 1.165) is 0 Å². The number of hydrogen-bond acceptors (Lipinski definition) is 2. The van der Waals surface area contributed by atoms with Crippen LogP contribution in [0.25, 0.3) is 0 Å². The van der Waals surface area contributed by atoms with Crippen molar-refractivity contribution in [3.8, 4) is 0 Å². The van der Waals surface area contributed by atoms with Crippen LogP contribution in [0.3, 0.4) is 0 Å². The molecule has 0 aromatic carbocycles. The van der Waals surface area contributed by atoms with Crippen LogP contribution in [0.2, 0.25) is 0 Å². The second kappa shape index (κ2) is 9.95. The minimum absolute atomic E-state index is 0. The maximum Gasteiger partial charge on any atom is 0.302 e. The maximum absolute atomic E-state index is 9.53. The molecule has 0 heterocycles. The third-order valence-electron chi connectivity index (χ3n) is 0.203. The standard InChI is InChI=1S/C3H5O2.HI.Zn/c1-3(4)5-2;;/h2H2,1H3;1H;/p-1. The van der Waals surface area contributed by atoms with Gasteiger partial charge in [0.15, 0.2) is 0 Å². The predicted molar refractivity (Wildman–Crippen MR) is 17.1 cm³/mol. The van der Waals surface area contributed by atoms with E-state index in [1.807, 2.05) is 0 Å². The first-order chi connectivity index (χ1) is 2.27. The van der Waals surface area contributed by atoms with Crippen molar-refractivity contribution in [2.75, 3.05) is 0 Å². The Morgan fingerprint density at radius 2 is 1.86 bits per heavy atom. The van der Waals surface area contributed by atoms with Gasteiger partial charge in [0.2, 0.25) is 0 Å². The molecule has 0 aliphatic carbocycles. The first-order valence-corrected chi connectivity index (χ1v) is 1.20. The number of rotatable bonds is 0. The average Bonchev–Trinajstić information content (AvgIpc) is 1.38. The Kier molecular flexibility index (Phi) is 22.2. The molecule has 4 heteroatoms. The summed E-state index contributed by atoms with van der Waals surface area (Å²) < 4.78 is 3.86. The fourth-order valence-corrected chi connectivity index (χ4v) is 0. The van der Waals surface area contributed by atoms with Gasteiger partial charge in [0.05, 0.1) is 0 Å². The van der Waals surface area contributed by atoms with E-state index in [9.17, 15) is 4.79 Å². The summed E-state index contributed by atoms with van der Waals surface area (Å²) in [4.78, 5) is 9.53. The summed E-state index contributed by atoms with van der Waals surface area (Å²) in [6.45, 7) is 1.30. The number of halogens is 1. The molecule has 1 radical (unpaired) electrons. The molecular formula is C3H5IO2Zn-. The number of hydrogen-bond donors (Lipinski definition) is 0. The zero-order valence-electron chi connectivity index (χ0n) is 4.11. The van der Waals surface area contributed by atoms with E-state index in [4.69, 9.17) is 0 Å². The minimum atomic E-state index is -0.356. The molecule has 0 aromatic heterocycles. The minimum Gasteiger partial charge on any atom is -1.00 e. The van der Waals surface area contributed by atoms with Crippen molar-refractivity contribution in [2.24, 2.45) is 0 Å². The quantitative estimate of drug-likeness (QED) is 0.272. The summed E-state index contributed by atoms with van der Waals surface area (Å²) in [5, 5.41) is 0. The third-order valence-corrected chi connectivity index (χ3v) is 0.203. The Morgan fingerprint density at radius 1 is 1.71 bits per heavy atom. The van der Waals surface area contributed by atoms with Gasteiger partial charge in [0, 0.05) is 26.4 Å². The van der Waals surface area contributed by atoms with Gasteiger partial charge < -0.3 is 28.7 Å². The van der Waals surface area contributed by atoms with Gasteiger partial charge in [0.1, 0.15) is 7.11 Å². The normalized spacial score (nSPS) is 4.86. The number of ether oxygens (including phenoxy) is 1. The van der Waals surface area contributed by atoms with Gasteiger partial charge in [-0.3, -0.25) is 4.79 Å². The van der Waals surface area contributed by atoms with Crippen LogP contribution in [0.5, 0.6) is 0 Å². The van der Waals surface area contributed by atoms with Crippen LogP contribution in [0.1, 0.15) is 6.92 Å². The molecular weight excluding hydrogens is 260 g/mol. The second-order valence-electron chi connectivity index (χ2n) is 0.636. The van der Waals surface area contributed by atoms with Crippen LogP contribution < -0.4 is 24.0 Å². The molecule has 0 rings (SSSR count). The molecule has 0 aromatic rings. The van der Waals surface area contributed by atoms with E-state index in [1.165, 1.54) is 6.92 Å². The van der Waals surface area contributed by atoms with Gasteiger partial charge in [-0.2, -0.15) is 0 Å². The zero-order chi connectivity index (χ0) is 4.28. The van der Waals surface area contributed by atoms with Gasteiger partial charge in [-0.15, -0.1) is 0 Å².